The van der Waals surface area contributed by atoms with E-state index >= 15 is 0 Å². The van der Waals surface area contributed by atoms with Crippen LogP contribution < -0.4 is 5.73 Å². The molecule has 14 heavy (non-hydrogen) atoms. The van der Waals surface area contributed by atoms with Crippen LogP contribution in [0.5, 0.6) is 0 Å². The third-order valence-corrected chi connectivity index (χ3v) is 2.29. The van der Waals surface area contributed by atoms with Gasteiger partial charge in [-0.3, -0.25) is 0 Å². The Hall–Kier alpha value is -0.640. The molecule has 0 saturated heterocycles. The molecule has 4 heteroatoms. The highest BCUT2D eigenvalue weighted by atomic mass is 35.5. The van der Waals surface area contributed by atoms with Gasteiger partial charge in [-0.25, -0.2) is 4.39 Å². The van der Waals surface area contributed by atoms with Gasteiger partial charge < -0.3 is 10.8 Å². The summed E-state index contributed by atoms with van der Waals surface area (Å²) in [6.45, 7) is 1.83. The summed E-state index contributed by atoms with van der Waals surface area (Å²) in [6.07, 6.45) is -0.201. The zero-order valence-corrected chi connectivity index (χ0v) is 8.68. The van der Waals surface area contributed by atoms with E-state index in [2.05, 4.69) is 0 Å². The zero-order chi connectivity index (χ0) is 10.7. The zero-order valence-electron chi connectivity index (χ0n) is 7.93. The maximum atomic E-state index is 13.1. The van der Waals surface area contributed by atoms with E-state index in [9.17, 15) is 9.50 Å². The van der Waals surface area contributed by atoms with Crippen molar-refractivity contribution in [3.8, 4) is 0 Å². The lowest BCUT2D eigenvalue weighted by molar-refractivity contribution is 0.183. The molecule has 1 aromatic rings. The fraction of sp³-hybridized carbons (Fsp3) is 0.400. The monoisotopic (exact) mass is 217 g/mol. The predicted octanol–water partition coefficient (Wildman–Crippen LogP) is 1.65. The Kier molecular flexibility index (Phi) is 3.86. The SMILES string of the molecule is Cc1cc(C[C@H](O)CN)cc(Cl)c1F. The van der Waals surface area contributed by atoms with Crippen LogP contribution in [0.4, 0.5) is 4.39 Å². The van der Waals surface area contributed by atoms with Gasteiger partial charge >= 0.3 is 0 Å². The summed E-state index contributed by atoms with van der Waals surface area (Å²) < 4.78 is 13.1. The average Bonchev–Trinajstić information content (AvgIpc) is 2.14. The number of hydrogen-bond acceptors (Lipinski definition) is 2. The summed E-state index contributed by atoms with van der Waals surface area (Å²) in [7, 11) is 0. The molecule has 0 unspecified atom stereocenters. The van der Waals surface area contributed by atoms with E-state index in [1.807, 2.05) is 0 Å². The fourth-order valence-electron chi connectivity index (χ4n) is 1.27. The van der Waals surface area contributed by atoms with Crippen molar-refractivity contribution in [3.05, 3.63) is 34.1 Å². The molecule has 0 aliphatic heterocycles. The Labute approximate surface area is 87.5 Å². The molecule has 0 aliphatic rings. The minimum Gasteiger partial charge on any atom is -0.391 e. The summed E-state index contributed by atoms with van der Waals surface area (Å²) in [5.41, 5.74) is 6.55. The first kappa shape index (κ1) is 11.4. The molecule has 0 aromatic heterocycles. The van der Waals surface area contributed by atoms with E-state index in [0.29, 0.717) is 12.0 Å². The van der Waals surface area contributed by atoms with Gasteiger partial charge in [-0.15, -0.1) is 0 Å². The van der Waals surface area contributed by atoms with Crippen molar-refractivity contribution in [3.63, 3.8) is 0 Å². The fourth-order valence-corrected chi connectivity index (χ4v) is 1.56. The van der Waals surface area contributed by atoms with Crippen LogP contribution in [0.25, 0.3) is 0 Å². The van der Waals surface area contributed by atoms with E-state index < -0.39 is 11.9 Å². The number of benzene rings is 1. The average molecular weight is 218 g/mol. The Morgan fingerprint density at radius 2 is 2.21 bits per heavy atom. The highest BCUT2D eigenvalue weighted by Crippen LogP contribution is 2.20. The van der Waals surface area contributed by atoms with Crippen LogP contribution in [0.15, 0.2) is 12.1 Å². The topological polar surface area (TPSA) is 46.2 Å². The Morgan fingerprint density at radius 1 is 1.57 bits per heavy atom. The van der Waals surface area contributed by atoms with E-state index in [-0.39, 0.29) is 11.6 Å². The minimum atomic E-state index is -0.601. The summed E-state index contributed by atoms with van der Waals surface area (Å²) in [5, 5.41) is 9.39. The van der Waals surface area contributed by atoms with Gasteiger partial charge in [0, 0.05) is 6.54 Å². The molecule has 0 fully saturated rings. The van der Waals surface area contributed by atoms with E-state index in [1.165, 1.54) is 6.07 Å². The summed E-state index contributed by atoms with van der Waals surface area (Å²) in [4.78, 5) is 0. The second-order valence-electron chi connectivity index (χ2n) is 3.30. The molecule has 0 heterocycles. The van der Waals surface area contributed by atoms with Crippen molar-refractivity contribution in [2.45, 2.75) is 19.4 Å². The van der Waals surface area contributed by atoms with Crippen molar-refractivity contribution in [2.24, 2.45) is 5.73 Å². The largest absolute Gasteiger partial charge is 0.391 e. The molecule has 0 aliphatic carbocycles. The predicted molar refractivity (Wildman–Crippen MR) is 54.9 cm³/mol. The Morgan fingerprint density at radius 3 is 2.71 bits per heavy atom. The van der Waals surface area contributed by atoms with E-state index in [0.717, 1.165) is 5.56 Å². The van der Waals surface area contributed by atoms with Gasteiger partial charge in [0.2, 0.25) is 0 Å². The van der Waals surface area contributed by atoms with Gasteiger partial charge in [-0.1, -0.05) is 17.7 Å². The van der Waals surface area contributed by atoms with Gasteiger partial charge in [0.15, 0.2) is 0 Å². The molecule has 78 valence electrons. The second-order valence-corrected chi connectivity index (χ2v) is 3.71. The van der Waals surface area contributed by atoms with E-state index in [1.54, 1.807) is 13.0 Å². The van der Waals surface area contributed by atoms with Crippen LogP contribution in [-0.4, -0.2) is 17.8 Å². The molecular formula is C10H13ClFNO. The van der Waals surface area contributed by atoms with Gasteiger partial charge in [0.25, 0.3) is 0 Å². The number of rotatable bonds is 3. The van der Waals surface area contributed by atoms with Crippen LogP contribution >= 0.6 is 11.6 Å². The molecule has 3 N–H and O–H groups in total. The minimum absolute atomic E-state index is 0.0872. The lowest BCUT2D eigenvalue weighted by Gasteiger charge is -2.09. The molecule has 0 saturated carbocycles. The highest BCUT2D eigenvalue weighted by molar-refractivity contribution is 6.30. The lowest BCUT2D eigenvalue weighted by Crippen LogP contribution is -2.22. The third-order valence-electron chi connectivity index (χ3n) is 2.01. The van der Waals surface area contributed by atoms with Crippen LogP contribution in [0, 0.1) is 12.7 Å². The molecule has 0 spiro atoms. The van der Waals surface area contributed by atoms with Crippen molar-refractivity contribution < 1.29 is 9.50 Å². The highest BCUT2D eigenvalue weighted by Gasteiger charge is 2.08. The summed E-state index contributed by atoms with van der Waals surface area (Å²) in [6, 6.07) is 3.18. The van der Waals surface area contributed by atoms with Crippen LogP contribution in [0.2, 0.25) is 5.02 Å². The third kappa shape index (κ3) is 2.67. The molecule has 0 amide bonds. The molecule has 0 radical (unpaired) electrons. The normalized spacial score (nSPS) is 12.9. The molecular weight excluding hydrogens is 205 g/mol. The maximum absolute atomic E-state index is 13.1. The number of nitrogens with two attached hydrogens (primary N) is 1. The molecule has 0 bridgehead atoms. The molecule has 1 aromatic carbocycles. The molecule has 1 atom stereocenters. The second kappa shape index (κ2) is 4.73. The smallest absolute Gasteiger partial charge is 0.144 e. The van der Waals surface area contributed by atoms with Crippen molar-refractivity contribution >= 4 is 11.6 Å². The van der Waals surface area contributed by atoms with Crippen LogP contribution in [0.3, 0.4) is 0 Å². The lowest BCUT2D eigenvalue weighted by atomic mass is 10.1. The molecule has 1 rings (SSSR count). The van der Waals surface area contributed by atoms with Crippen molar-refractivity contribution in [2.75, 3.05) is 6.54 Å². The van der Waals surface area contributed by atoms with Gasteiger partial charge in [-0.2, -0.15) is 0 Å². The van der Waals surface area contributed by atoms with Crippen molar-refractivity contribution in [1.82, 2.24) is 0 Å². The quantitative estimate of drug-likeness (QED) is 0.809. The van der Waals surface area contributed by atoms with E-state index in [4.69, 9.17) is 17.3 Å². The number of aryl methyl sites for hydroxylation is 1. The Balaban J connectivity index is 2.89. The first-order valence-electron chi connectivity index (χ1n) is 4.37. The standard InChI is InChI=1S/C10H13ClFNO/c1-6-2-7(3-8(14)5-13)4-9(11)10(6)12/h2,4,8,14H,3,5,13H2,1H3/t8-/m0/s1. The molecule has 2 nitrogen and oxygen atoms in total. The summed E-state index contributed by atoms with van der Waals surface area (Å²) >= 11 is 5.66. The number of aliphatic hydroxyl groups is 1. The van der Waals surface area contributed by atoms with Gasteiger partial charge in [-0.05, 0) is 30.5 Å². The van der Waals surface area contributed by atoms with Crippen LogP contribution in [-0.2, 0) is 6.42 Å². The number of aliphatic hydroxyl groups excluding tert-OH is 1. The van der Waals surface area contributed by atoms with Gasteiger partial charge in [0.05, 0.1) is 11.1 Å². The first-order chi connectivity index (χ1) is 6.54. The Bertz CT molecular complexity index is 307. The summed E-state index contributed by atoms with van der Waals surface area (Å²) in [5.74, 6) is -0.405. The van der Waals surface area contributed by atoms with Crippen molar-refractivity contribution in [1.29, 1.82) is 0 Å². The van der Waals surface area contributed by atoms with Gasteiger partial charge in [0.1, 0.15) is 5.82 Å². The van der Waals surface area contributed by atoms with Crippen LogP contribution in [0.1, 0.15) is 11.1 Å². The first-order valence-corrected chi connectivity index (χ1v) is 4.75. The number of hydrogen-bond donors (Lipinski definition) is 2. The maximum Gasteiger partial charge on any atom is 0.144 e. The number of halogens is 2.